The van der Waals surface area contributed by atoms with Gasteiger partial charge in [-0.05, 0) is 55.8 Å². The summed E-state index contributed by atoms with van der Waals surface area (Å²) < 4.78 is 47.3. The van der Waals surface area contributed by atoms with Crippen molar-refractivity contribution in [1.82, 2.24) is 9.78 Å². The summed E-state index contributed by atoms with van der Waals surface area (Å²) in [6.07, 6.45) is 0. The number of sulfonamides is 1. The molecule has 0 radical (unpaired) electrons. The summed E-state index contributed by atoms with van der Waals surface area (Å²) in [5, 5.41) is 4.57. The van der Waals surface area contributed by atoms with Crippen LogP contribution in [0.25, 0.3) is 0 Å². The van der Waals surface area contributed by atoms with E-state index in [-0.39, 0.29) is 10.6 Å². The molecule has 0 saturated heterocycles. The zero-order valence-electron chi connectivity index (χ0n) is 20.0. The lowest BCUT2D eigenvalue weighted by atomic mass is 10.2. The summed E-state index contributed by atoms with van der Waals surface area (Å²) in [4.78, 5) is -0.0170. The first-order chi connectivity index (χ1) is 16.8. The number of nitrogens with zero attached hydrogens (tertiary/aromatic N) is 2. The maximum atomic E-state index is 13.2. The van der Waals surface area contributed by atoms with Crippen molar-refractivity contribution in [3.05, 3.63) is 89.7 Å². The normalized spacial score (nSPS) is 11.2. The van der Waals surface area contributed by atoms with E-state index >= 15 is 0 Å². The summed E-state index contributed by atoms with van der Waals surface area (Å²) >= 11 is 0. The first kappa shape index (κ1) is 24.2. The van der Waals surface area contributed by atoms with Gasteiger partial charge in [0.1, 0.15) is 27.9 Å². The van der Waals surface area contributed by atoms with Gasteiger partial charge < -0.3 is 14.2 Å². The number of nitrogens with one attached hydrogen (secondary N) is 1. The molecule has 1 heterocycles. The third-order valence-electron chi connectivity index (χ3n) is 5.49. The Bertz CT molecular complexity index is 1430. The highest BCUT2D eigenvalue weighted by Gasteiger charge is 2.24. The Morgan fingerprint density at radius 2 is 1.60 bits per heavy atom. The minimum Gasteiger partial charge on any atom is -0.497 e. The first-order valence-corrected chi connectivity index (χ1v) is 12.4. The largest absolute Gasteiger partial charge is 0.497 e. The topological polar surface area (TPSA) is 91.7 Å². The van der Waals surface area contributed by atoms with Crippen molar-refractivity contribution in [1.29, 1.82) is 0 Å². The highest BCUT2D eigenvalue weighted by Crippen LogP contribution is 2.31. The van der Waals surface area contributed by atoms with Crippen LogP contribution in [-0.4, -0.2) is 32.4 Å². The van der Waals surface area contributed by atoms with Crippen molar-refractivity contribution in [2.75, 3.05) is 18.9 Å². The van der Waals surface area contributed by atoms with E-state index in [4.69, 9.17) is 14.2 Å². The second-order valence-corrected chi connectivity index (χ2v) is 9.54. The molecule has 182 valence electrons. The van der Waals surface area contributed by atoms with Crippen LogP contribution in [0.2, 0.25) is 0 Å². The van der Waals surface area contributed by atoms with E-state index in [0.29, 0.717) is 35.1 Å². The summed E-state index contributed by atoms with van der Waals surface area (Å²) in [7, 11) is -1.07. The van der Waals surface area contributed by atoms with Crippen molar-refractivity contribution in [3.63, 3.8) is 0 Å². The van der Waals surface area contributed by atoms with Crippen molar-refractivity contribution < 1.29 is 22.6 Å². The van der Waals surface area contributed by atoms with Gasteiger partial charge in [-0.3, -0.25) is 9.40 Å². The van der Waals surface area contributed by atoms with Crippen LogP contribution in [0.3, 0.4) is 0 Å². The number of anilines is 1. The van der Waals surface area contributed by atoms with Gasteiger partial charge in [-0.2, -0.15) is 5.10 Å². The lowest BCUT2D eigenvalue weighted by Gasteiger charge is -2.13. The molecule has 0 fully saturated rings. The smallest absolute Gasteiger partial charge is 0.265 e. The fourth-order valence-electron chi connectivity index (χ4n) is 3.69. The SMILES string of the molecule is COc1ccc(OC)c(S(=O)(=O)Nc2c(C)nn(Cc3cccc(Oc4ccccc4)c3)c2C)c1. The molecule has 8 nitrogen and oxygen atoms in total. The predicted molar refractivity (Wildman–Crippen MR) is 134 cm³/mol. The predicted octanol–water partition coefficient (Wildman–Crippen LogP) is 5.16. The van der Waals surface area contributed by atoms with Gasteiger partial charge in [0.25, 0.3) is 10.0 Å². The number of para-hydroxylation sites is 1. The van der Waals surface area contributed by atoms with Crippen LogP contribution < -0.4 is 18.9 Å². The van der Waals surface area contributed by atoms with Gasteiger partial charge in [0.15, 0.2) is 0 Å². The van der Waals surface area contributed by atoms with Crippen molar-refractivity contribution in [2.24, 2.45) is 0 Å². The minimum absolute atomic E-state index is 0.0170. The number of ether oxygens (including phenoxy) is 3. The third-order valence-corrected chi connectivity index (χ3v) is 6.86. The average Bonchev–Trinajstić information content (AvgIpc) is 3.11. The second-order valence-electron chi connectivity index (χ2n) is 7.89. The molecule has 3 aromatic carbocycles. The van der Waals surface area contributed by atoms with Crippen LogP contribution in [0.1, 0.15) is 17.0 Å². The average molecular weight is 494 g/mol. The molecule has 9 heteroatoms. The molecule has 0 aliphatic carbocycles. The maximum absolute atomic E-state index is 13.2. The van der Waals surface area contributed by atoms with Gasteiger partial charge in [0.05, 0.1) is 37.8 Å². The quantitative estimate of drug-likeness (QED) is 0.346. The van der Waals surface area contributed by atoms with Gasteiger partial charge in [0, 0.05) is 6.07 Å². The summed E-state index contributed by atoms with van der Waals surface area (Å²) in [5.74, 6) is 2.09. The number of hydrogen-bond donors (Lipinski definition) is 1. The molecular weight excluding hydrogens is 466 g/mol. The fraction of sp³-hybridized carbons (Fsp3) is 0.192. The number of aryl methyl sites for hydroxylation is 1. The Morgan fingerprint density at radius 3 is 2.31 bits per heavy atom. The monoisotopic (exact) mass is 493 g/mol. The molecule has 1 N–H and O–H groups in total. The Kier molecular flexibility index (Phi) is 6.97. The van der Waals surface area contributed by atoms with E-state index in [2.05, 4.69) is 9.82 Å². The molecule has 4 rings (SSSR count). The Morgan fingerprint density at radius 1 is 0.857 bits per heavy atom. The first-order valence-electron chi connectivity index (χ1n) is 10.9. The van der Waals surface area contributed by atoms with Crippen LogP contribution in [-0.2, 0) is 16.6 Å². The van der Waals surface area contributed by atoms with E-state index in [1.165, 1.54) is 20.3 Å². The zero-order valence-corrected chi connectivity index (χ0v) is 20.8. The standard InChI is InChI=1S/C26H27N3O5S/c1-18-26(28-35(30,31)25-16-22(32-3)13-14-24(25)33-4)19(2)29(27-18)17-20-9-8-12-23(15-20)34-21-10-6-5-7-11-21/h5-16,28H,17H2,1-4H3. The van der Waals surface area contributed by atoms with Crippen molar-refractivity contribution in [3.8, 4) is 23.0 Å². The molecule has 0 spiro atoms. The Balaban J connectivity index is 1.58. The summed E-state index contributed by atoms with van der Waals surface area (Å²) in [6.45, 7) is 4.03. The van der Waals surface area contributed by atoms with E-state index in [0.717, 1.165) is 11.3 Å². The second kappa shape index (κ2) is 10.1. The number of methoxy groups -OCH3 is 2. The van der Waals surface area contributed by atoms with Gasteiger partial charge >= 0.3 is 0 Å². The van der Waals surface area contributed by atoms with Crippen molar-refractivity contribution >= 4 is 15.7 Å². The molecule has 0 unspecified atom stereocenters. The minimum atomic E-state index is -3.96. The summed E-state index contributed by atoms with van der Waals surface area (Å²) in [6, 6.07) is 21.9. The highest BCUT2D eigenvalue weighted by atomic mass is 32.2. The van der Waals surface area contributed by atoms with Crippen LogP contribution in [0, 0.1) is 13.8 Å². The van der Waals surface area contributed by atoms with Gasteiger partial charge in [-0.15, -0.1) is 0 Å². The Hall–Kier alpha value is -3.98. The third kappa shape index (κ3) is 5.41. The molecule has 0 atom stereocenters. The van der Waals surface area contributed by atoms with Crippen molar-refractivity contribution in [2.45, 2.75) is 25.3 Å². The van der Waals surface area contributed by atoms with Crippen LogP contribution >= 0.6 is 0 Å². The molecule has 0 aliphatic rings. The summed E-state index contributed by atoms with van der Waals surface area (Å²) in [5.41, 5.74) is 2.63. The van der Waals surface area contributed by atoms with E-state index in [1.54, 1.807) is 23.7 Å². The van der Waals surface area contributed by atoms with Gasteiger partial charge in [-0.1, -0.05) is 30.3 Å². The van der Waals surface area contributed by atoms with Crippen LogP contribution in [0.15, 0.2) is 77.7 Å². The van der Waals surface area contributed by atoms with E-state index < -0.39 is 10.0 Å². The zero-order chi connectivity index (χ0) is 25.0. The molecule has 35 heavy (non-hydrogen) atoms. The van der Waals surface area contributed by atoms with Crippen LogP contribution in [0.4, 0.5) is 5.69 Å². The molecular formula is C26H27N3O5S. The maximum Gasteiger partial charge on any atom is 0.265 e. The number of hydrogen-bond acceptors (Lipinski definition) is 6. The fourth-order valence-corrected chi connectivity index (χ4v) is 5.05. The number of benzene rings is 3. The molecule has 0 amide bonds. The molecule has 4 aromatic rings. The molecule has 0 aliphatic heterocycles. The Labute approximate surface area is 205 Å². The molecule has 0 saturated carbocycles. The van der Waals surface area contributed by atoms with E-state index in [1.807, 2.05) is 61.5 Å². The lowest BCUT2D eigenvalue weighted by molar-refractivity contribution is 0.392. The molecule has 1 aromatic heterocycles. The number of rotatable bonds is 9. The number of aromatic nitrogens is 2. The lowest BCUT2D eigenvalue weighted by Crippen LogP contribution is -2.15. The van der Waals surface area contributed by atoms with Crippen LogP contribution in [0.5, 0.6) is 23.0 Å². The molecule has 0 bridgehead atoms. The van der Waals surface area contributed by atoms with E-state index in [9.17, 15) is 8.42 Å². The van der Waals surface area contributed by atoms with Gasteiger partial charge in [-0.25, -0.2) is 8.42 Å². The van der Waals surface area contributed by atoms with Gasteiger partial charge in [0.2, 0.25) is 0 Å². The highest BCUT2D eigenvalue weighted by molar-refractivity contribution is 7.92.